The van der Waals surface area contributed by atoms with Crippen LogP contribution in [0.2, 0.25) is 0 Å². The topological polar surface area (TPSA) is 97.8 Å². The predicted molar refractivity (Wildman–Crippen MR) is 103 cm³/mol. The Morgan fingerprint density at radius 1 is 1.37 bits per heavy atom. The lowest BCUT2D eigenvalue weighted by atomic mass is 10.2. The molecule has 0 aliphatic carbocycles. The number of hydrogen-bond acceptors (Lipinski definition) is 8. The third-order valence-corrected chi connectivity index (χ3v) is 5.27. The average Bonchev–Trinajstić information content (AvgIpc) is 3.00. The van der Waals surface area contributed by atoms with E-state index in [0.717, 1.165) is 42.8 Å². The van der Waals surface area contributed by atoms with Gasteiger partial charge in [-0.05, 0) is 35.3 Å². The summed E-state index contributed by atoms with van der Waals surface area (Å²) >= 11 is 3.46. The van der Waals surface area contributed by atoms with E-state index in [4.69, 9.17) is 9.26 Å². The highest BCUT2D eigenvalue weighted by Crippen LogP contribution is 2.31. The van der Waals surface area contributed by atoms with E-state index < -0.39 is 0 Å². The number of halogens is 1. The van der Waals surface area contributed by atoms with E-state index in [1.54, 1.807) is 25.3 Å². The molecule has 1 aromatic carbocycles. The molecule has 0 N–H and O–H groups in total. The van der Waals surface area contributed by atoms with E-state index in [-0.39, 0.29) is 16.7 Å². The minimum absolute atomic E-state index is 0.0829. The molecule has 1 atom stereocenters. The SMILES string of the molecule is COC(C)c1noc(CN2CCCN(c3ccc([N+](=O)[O-])cc3Br)CC2)n1. The molecule has 0 bridgehead atoms. The number of nitrogens with zero attached hydrogens (tertiary/aromatic N) is 5. The second-order valence-electron chi connectivity index (χ2n) is 6.43. The zero-order valence-electron chi connectivity index (χ0n) is 15.3. The van der Waals surface area contributed by atoms with E-state index in [1.807, 2.05) is 6.92 Å². The van der Waals surface area contributed by atoms with Crippen molar-refractivity contribution in [1.82, 2.24) is 15.0 Å². The van der Waals surface area contributed by atoms with Gasteiger partial charge in [0.25, 0.3) is 5.69 Å². The van der Waals surface area contributed by atoms with Crippen LogP contribution in [-0.2, 0) is 11.3 Å². The van der Waals surface area contributed by atoms with E-state index in [0.29, 0.717) is 18.3 Å². The van der Waals surface area contributed by atoms with Crippen molar-refractivity contribution < 1.29 is 14.2 Å². The number of benzene rings is 1. The van der Waals surface area contributed by atoms with Crippen molar-refractivity contribution in [3.05, 3.63) is 44.5 Å². The molecule has 10 heteroatoms. The summed E-state index contributed by atoms with van der Waals surface area (Å²) in [6, 6.07) is 4.89. The van der Waals surface area contributed by atoms with Gasteiger partial charge in [0.1, 0.15) is 6.10 Å². The number of aromatic nitrogens is 2. The summed E-state index contributed by atoms with van der Waals surface area (Å²) in [4.78, 5) is 19.4. The maximum Gasteiger partial charge on any atom is 0.270 e. The minimum atomic E-state index is -0.387. The minimum Gasteiger partial charge on any atom is -0.374 e. The largest absolute Gasteiger partial charge is 0.374 e. The summed E-state index contributed by atoms with van der Waals surface area (Å²) in [6.07, 6.45) is 0.778. The van der Waals surface area contributed by atoms with Crippen LogP contribution in [0.25, 0.3) is 0 Å². The fraction of sp³-hybridized carbons (Fsp3) is 0.529. The van der Waals surface area contributed by atoms with E-state index >= 15 is 0 Å². The Balaban J connectivity index is 1.62. The molecule has 27 heavy (non-hydrogen) atoms. The third kappa shape index (κ3) is 4.82. The maximum atomic E-state index is 10.9. The number of nitro groups is 1. The van der Waals surface area contributed by atoms with E-state index in [9.17, 15) is 10.1 Å². The number of methoxy groups -OCH3 is 1. The number of hydrogen-bond donors (Lipinski definition) is 0. The van der Waals surface area contributed by atoms with Crippen LogP contribution >= 0.6 is 15.9 Å². The first-order valence-electron chi connectivity index (χ1n) is 8.74. The molecular formula is C17H22BrN5O4. The average molecular weight is 440 g/mol. The summed E-state index contributed by atoms with van der Waals surface area (Å²) < 4.78 is 11.3. The van der Waals surface area contributed by atoms with Crippen molar-refractivity contribution in [2.45, 2.75) is 26.0 Å². The zero-order chi connectivity index (χ0) is 19.4. The Kier molecular flexibility index (Phi) is 6.40. The Labute approximate surface area is 165 Å². The molecule has 1 aliphatic heterocycles. The molecule has 2 aromatic rings. The highest BCUT2D eigenvalue weighted by atomic mass is 79.9. The Hall–Kier alpha value is -2.04. The van der Waals surface area contributed by atoms with Gasteiger partial charge >= 0.3 is 0 Å². The van der Waals surface area contributed by atoms with Crippen LogP contribution in [-0.4, -0.2) is 53.3 Å². The van der Waals surface area contributed by atoms with Crippen LogP contribution in [0, 0.1) is 10.1 Å². The van der Waals surface area contributed by atoms with Crippen molar-refractivity contribution in [2.24, 2.45) is 0 Å². The maximum absolute atomic E-state index is 10.9. The summed E-state index contributed by atoms with van der Waals surface area (Å²) in [5, 5.41) is 14.9. The molecule has 1 aromatic heterocycles. The summed E-state index contributed by atoms with van der Waals surface area (Å²) in [6.45, 7) is 5.91. The number of non-ortho nitro benzene ring substituents is 1. The van der Waals surface area contributed by atoms with Crippen LogP contribution in [0.3, 0.4) is 0 Å². The molecule has 1 fully saturated rings. The molecule has 146 valence electrons. The quantitative estimate of drug-likeness (QED) is 0.499. The van der Waals surface area contributed by atoms with Gasteiger partial charge in [-0.15, -0.1) is 0 Å². The fourth-order valence-electron chi connectivity index (χ4n) is 3.03. The van der Waals surface area contributed by atoms with Gasteiger partial charge < -0.3 is 14.2 Å². The van der Waals surface area contributed by atoms with Crippen LogP contribution in [0.1, 0.15) is 31.2 Å². The van der Waals surface area contributed by atoms with E-state index in [1.165, 1.54) is 0 Å². The standard InChI is InChI=1S/C17H22BrN5O4/c1-12(26-2)17-19-16(27-20-17)11-21-6-3-7-22(9-8-21)15-5-4-13(23(24)25)10-14(15)18/h4-5,10,12H,3,6-9,11H2,1-2H3. The molecule has 1 unspecified atom stereocenters. The first-order valence-corrected chi connectivity index (χ1v) is 9.53. The number of nitro benzene ring substituents is 1. The van der Waals surface area contributed by atoms with E-state index in [2.05, 4.69) is 35.9 Å². The molecular weight excluding hydrogens is 418 g/mol. The molecule has 1 saturated heterocycles. The summed E-state index contributed by atoms with van der Waals surface area (Å²) in [5.74, 6) is 1.14. The number of ether oxygens (including phenoxy) is 1. The molecule has 0 radical (unpaired) electrons. The van der Waals surface area contributed by atoms with Gasteiger partial charge in [-0.25, -0.2) is 0 Å². The summed E-state index contributed by atoms with van der Waals surface area (Å²) in [7, 11) is 1.61. The fourth-order valence-corrected chi connectivity index (χ4v) is 3.65. The highest BCUT2D eigenvalue weighted by molar-refractivity contribution is 9.10. The highest BCUT2D eigenvalue weighted by Gasteiger charge is 2.21. The normalized spacial score (nSPS) is 16.9. The lowest BCUT2D eigenvalue weighted by molar-refractivity contribution is -0.384. The Bertz CT molecular complexity index is 799. The van der Waals surface area contributed by atoms with Crippen molar-refractivity contribution >= 4 is 27.3 Å². The Morgan fingerprint density at radius 2 is 2.19 bits per heavy atom. The van der Waals surface area contributed by atoms with Crippen molar-refractivity contribution in [3.8, 4) is 0 Å². The summed E-state index contributed by atoms with van der Waals surface area (Å²) in [5.41, 5.74) is 1.05. The third-order valence-electron chi connectivity index (χ3n) is 4.63. The molecule has 2 heterocycles. The Morgan fingerprint density at radius 3 is 2.89 bits per heavy atom. The number of anilines is 1. The molecule has 0 amide bonds. The van der Waals surface area contributed by atoms with Gasteiger partial charge in [0.2, 0.25) is 5.89 Å². The van der Waals surface area contributed by atoms with Gasteiger partial charge in [0.05, 0.1) is 17.2 Å². The monoisotopic (exact) mass is 439 g/mol. The van der Waals surface area contributed by atoms with Crippen LogP contribution in [0.15, 0.2) is 27.2 Å². The lowest BCUT2D eigenvalue weighted by Crippen LogP contribution is -2.30. The second-order valence-corrected chi connectivity index (χ2v) is 7.29. The smallest absolute Gasteiger partial charge is 0.270 e. The number of rotatable bonds is 6. The van der Waals surface area contributed by atoms with Crippen molar-refractivity contribution in [2.75, 3.05) is 38.2 Å². The van der Waals surface area contributed by atoms with Gasteiger partial charge in [0.15, 0.2) is 5.82 Å². The molecule has 3 rings (SSSR count). The molecule has 1 aliphatic rings. The lowest BCUT2D eigenvalue weighted by Gasteiger charge is -2.24. The van der Waals surface area contributed by atoms with Gasteiger partial charge in [-0.1, -0.05) is 5.16 Å². The van der Waals surface area contributed by atoms with Crippen LogP contribution in [0.5, 0.6) is 0 Å². The second kappa shape index (κ2) is 8.77. The van der Waals surface area contributed by atoms with Gasteiger partial charge in [-0.3, -0.25) is 15.0 Å². The first-order chi connectivity index (χ1) is 13.0. The molecule has 9 nitrogen and oxygen atoms in total. The zero-order valence-corrected chi connectivity index (χ0v) is 16.9. The van der Waals surface area contributed by atoms with Crippen molar-refractivity contribution in [3.63, 3.8) is 0 Å². The van der Waals surface area contributed by atoms with Crippen LogP contribution < -0.4 is 4.90 Å². The predicted octanol–water partition coefficient (Wildman–Crippen LogP) is 3.16. The van der Waals surface area contributed by atoms with Crippen LogP contribution in [0.4, 0.5) is 11.4 Å². The van der Waals surface area contributed by atoms with Crippen molar-refractivity contribution in [1.29, 1.82) is 0 Å². The van der Waals surface area contributed by atoms with Gasteiger partial charge in [-0.2, -0.15) is 4.98 Å². The van der Waals surface area contributed by atoms with Gasteiger partial charge in [0, 0.05) is 49.9 Å². The molecule has 0 spiro atoms. The molecule has 0 saturated carbocycles. The first kappa shape index (κ1) is 19.7.